The van der Waals surface area contributed by atoms with Crippen LogP contribution in [-0.2, 0) is 0 Å². The summed E-state index contributed by atoms with van der Waals surface area (Å²) in [6.07, 6.45) is 0. The number of carbonyl (C=O) groups is 1. The average Bonchev–Trinajstić information content (AvgIpc) is 2.34. The van der Waals surface area contributed by atoms with Crippen LogP contribution in [0.3, 0.4) is 0 Å². The molecular formula is C13H8BrF2NO2. The lowest BCUT2D eigenvalue weighted by Gasteiger charge is -2.09. The summed E-state index contributed by atoms with van der Waals surface area (Å²) in [5.74, 6) is -2.55. The molecule has 2 N–H and O–H groups in total. The molecule has 0 radical (unpaired) electrons. The summed E-state index contributed by atoms with van der Waals surface area (Å²) in [6.45, 7) is 0. The Kier molecular flexibility index (Phi) is 3.80. The van der Waals surface area contributed by atoms with Crippen molar-refractivity contribution in [3.8, 4) is 0 Å². The van der Waals surface area contributed by atoms with E-state index < -0.39 is 17.6 Å². The lowest BCUT2D eigenvalue weighted by molar-refractivity contribution is 0.0697. The number of nitrogens with one attached hydrogen (secondary N) is 1. The van der Waals surface area contributed by atoms with Crippen LogP contribution in [0, 0.1) is 11.6 Å². The fourth-order valence-corrected chi connectivity index (χ4v) is 1.90. The van der Waals surface area contributed by atoms with Crippen molar-refractivity contribution >= 4 is 33.3 Å². The van der Waals surface area contributed by atoms with Crippen LogP contribution in [0.5, 0.6) is 0 Å². The van der Waals surface area contributed by atoms with Gasteiger partial charge in [0.15, 0.2) is 11.6 Å². The van der Waals surface area contributed by atoms with E-state index in [1.807, 2.05) is 0 Å². The zero-order valence-electron chi connectivity index (χ0n) is 9.45. The lowest BCUT2D eigenvalue weighted by Crippen LogP contribution is -1.99. The molecule has 0 fully saturated rings. The van der Waals surface area contributed by atoms with Gasteiger partial charge in [-0.3, -0.25) is 0 Å². The Labute approximate surface area is 116 Å². The maximum Gasteiger partial charge on any atom is 0.335 e. The molecule has 0 bridgehead atoms. The molecule has 0 aliphatic carbocycles. The van der Waals surface area contributed by atoms with Gasteiger partial charge in [0.1, 0.15) is 5.69 Å². The van der Waals surface area contributed by atoms with E-state index >= 15 is 0 Å². The van der Waals surface area contributed by atoms with Crippen LogP contribution < -0.4 is 5.32 Å². The molecule has 98 valence electrons. The van der Waals surface area contributed by atoms with Crippen LogP contribution in [0.4, 0.5) is 20.2 Å². The van der Waals surface area contributed by atoms with Crippen molar-refractivity contribution < 1.29 is 18.7 Å². The molecule has 0 atom stereocenters. The van der Waals surface area contributed by atoms with Gasteiger partial charge in [-0.15, -0.1) is 0 Å². The minimum atomic E-state index is -1.06. The normalized spacial score (nSPS) is 10.3. The van der Waals surface area contributed by atoms with Crippen LogP contribution in [0.1, 0.15) is 10.4 Å². The van der Waals surface area contributed by atoms with Crippen molar-refractivity contribution in [1.29, 1.82) is 0 Å². The number of aromatic carboxylic acids is 1. The second-order valence-electron chi connectivity index (χ2n) is 3.75. The number of carboxylic acid groups (broad SMARTS) is 1. The first-order valence-corrected chi connectivity index (χ1v) is 6.01. The van der Waals surface area contributed by atoms with Gasteiger partial charge in [-0.2, -0.15) is 0 Å². The highest BCUT2D eigenvalue weighted by Crippen LogP contribution is 2.26. The molecule has 0 heterocycles. The summed E-state index contributed by atoms with van der Waals surface area (Å²) in [7, 11) is 0. The van der Waals surface area contributed by atoms with Crippen LogP contribution >= 0.6 is 15.9 Å². The predicted octanol–water partition coefficient (Wildman–Crippen LogP) is 4.17. The van der Waals surface area contributed by atoms with Gasteiger partial charge in [0.05, 0.1) is 5.56 Å². The van der Waals surface area contributed by atoms with Gasteiger partial charge in [-0.05, 0) is 36.4 Å². The van der Waals surface area contributed by atoms with E-state index in [9.17, 15) is 13.6 Å². The van der Waals surface area contributed by atoms with E-state index in [1.165, 1.54) is 24.3 Å². The number of hydrogen-bond acceptors (Lipinski definition) is 2. The molecule has 2 aromatic carbocycles. The summed E-state index contributed by atoms with van der Waals surface area (Å²) >= 11 is 2.98. The Hall–Kier alpha value is -1.95. The number of anilines is 2. The van der Waals surface area contributed by atoms with Crippen LogP contribution in [0.25, 0.3) is 0 Å². The SMILES string of the molecule is O=C(O)c1ccc(Nc2c(F)cc(Br)cc2F)cc1. The third-order valence-corrected chi connectivity index (χ3v) is 2.87. The fourth-order valence-electron chi connectivity index (χ4n) is 1.50. The average molecular weight is 328 g/mol. The third-order valence-electron chi connectivity index (χ3n) is 2.41. The van der Waals surface area contributed by atoms with E-state index in [0.29, 0.717) is 10.2 Å². The summed E-state index contributed by atoms with van der Waals surface area (Å²) in [6, 6.07) is 7.83. The summed E-state index contributed by atoms with van der Waals surface area (Å²) in [5, 5.41) is 11.3. The summed E-state index contributed by atoms with van der Waals surface area (Å²) in [4.78, 5) is 10.7. The monoisotopic (exact) mass is 327 g/mol. The van der Waals surface area contributed by atoms with Crippen molar-refractivity contribution in [2.45, 2.75) is 0 Å². The topological polar surface area (TPSA) is 49.3 Å². The van der Waals surface area contributed by atoms with Gasteiger partial charge in [-0.1, -0.05) is 15.9 Å². The smallest absolute Gasteiger partial charge is 0.335 e. The molecule has 0 aliphatic heterocycles. The lowest BCUT2D eigenvalue weighted by atomic mass is 10.2. The van der Waals surface area contributed by atoms with Crippen molar-refractivity contribution in [3.05, 3.63) is 58.1 Å². The maximum absolute atomic E-state index is 13.6. The van der Waals surface area contributed by atoms with Gasteiger partial charge in [0, 0.05) is 10.2 Å². The van der Waals surface area contributed by atoms with Crippen LogP contribution in [0.15, 0.2) is 40.9 Å². The first-order chi connectivity index (χ1) is 8.97. The van der Waals surface area contributed by atoms with Crippen molar-refractivity contribution in [3.63, 3.8) is 0 Å². The van der Waals surface area contributed by atoms with Crippen LogP contribution in [-0.4, -0.2) is 11.1 Å². The van der Waals surface area contributed by atoms with Gasteiger partial charge in [0.25, 0.3) is 0 Å². The number of hydrogen-bond donors (Lipinski definition) is 2. The minimum Gasteiger partial charge on any atom is -0.478 e. The Morgan fingerprint density at radius 2 is 1.63 bits per heavy atom. The number of halogens is 3. The molecule has 2 aromatic rings. The van der Waals surface area contributed by atoms with Gasteiger partial charge < -0.3 is 10.4 Å². The molecule has 0 aromatic heterocycles. The van der Waals surface area contributed by atoms with Gasteiger partial charge in [-0.25, -0.2) is 13.6 Å². The highest BCUT2D eigenvalue weighted by Gasteiger charge is 2.11. The van der Waals surface area contributed by atoms with E-state index in [-0.39, 0.29) is 11.3 Å². The van der Waals surface area contributed by atoms with Crippen molar-refractivity contribution in [1.82, 2.24) is 0 Å². The van der Waals surface area contributed by atoms with E-state index in [1.54, 1.807) is 0 Å². The number of benzene rings is 2. The minimum absolute atomic E-state index is 0.0994. The molecule has 0 amide bonds. The predicted molar refractivity (Wildman–Crippen MR) is 70.7 cm³/mol. The number of rotatable bonds is 3. The molecule has 3 nitrogen and oxygen atoms in total. The first kappa shape index (κ1) is 13.5. The van der Waals surface area contributed by atoms with E-state index in [4.69, 9.17) is 5.11 Å². The van der Waals surface area contributed by atoms with E-state index in [0.717, 1.165) is 12.1 Å². The quantitative estimate of drug-likeness (QED) is 0.889. The molecule has 0 saturated carbocycles. The Morgan fingerprint density at radius 1 is 1.11 bits per heavy atom. The van der Waals surface area contributed by atoms with Crippen molar-refractivity contribution in [2.75, 3.05) is 5.32 Å². The third kappa shape index (κ3) is 3.08. The van der Waals surface area contributed by atoms with Crippen molar-refractivity contribution in [2.24, 2.45) is 0 Å². The maximum atomic E-state index is 13.6. The first-order valence-electron chi connectivity index (χ1n) is 5.22. The zero-order valence-corrected chi connectivity index (χ0v) is 11.0. The molecule has 6 heteroatoms. The largest absolute Gasteiger partial charge is 0.478 e. The zero-order chi connectivity index (χ0) is 14.0. The molecule has 0 spiro atoms. The molecule has 2 rings (SSSR count). The summed E-state index contributed by atoms with van der Waals surface area (Å²) < 4.78 is 27.5. The molecule has 19 heavy (non-hydrogen) atoms. The standard InChI is InChI=1S/C13H8BrF2NO2/c14-8-5-10(15)12(11(16)6-8)17-9-3-1-7(2-4-9)13(18)19/h1-6,17H,(H,18,19). The molecule has 0 unspecified atom stereocenters. The summed E-state index contributed by atoms with van der Waals surface area (Å²) in [5.41, 5.74) is 0.207. The van der Waals surface area contributed by atoms with Gasteiger partial charge >= 0.3 is 5.97 Å². The second-order valence-corrected chi connectivity index (χ2v) is 4.67. The second kappa shape index (κ2) is 5.36. The molecule has 0 aliphatic rings. The fraction of sp³-hybridized carbons (Fsp3) is 0. The Bertz CT molecular complexity index is 606. The van der Waals surface area contributed by atoms with Crippen LogP contribution in [0.2, 0.25) is 0 Å². The number of carboxylic acids is 1. The van der Waals surface area contributed by atoms with Gasteiger partial charge in [0.2, 0.25) is 0 Å². The van der Waals surface area contributed by atoms with E-state index in [2.05, 4.69) is 21.2 Å². The Balaban J connectivity index is 2.29. The molecule has 0 saturated heterocycles. The highest BCUT2D eigenvalue weighted by molar-refractivity contribution is 9.10. The molecular weight excluding hydrogens is 320 g/mol. The Morgan fingerprint density at radius 3 is 2.11 bits per heavy atom. The highest BCUT2D eigenvalue weighted by atomic mass is 79.9.